The zero-order valence-electron chi connectivity index (χ0n) is 23.7. The molecule has 4 rings (SSSR count). The molecule has 4 aromatic carbocycles. The highest BCUT2D eigenvalue weighted by Gasteiger charge is 2.34. The van der Waals surface area contributed by atoms with Gasteiger partial charge in [0.25, 0.3) is 0 Å². The normalized spacial score (nSPS) is 12.1. The lowest BCUT2D eigenvalue weighted by molar-refractivity contribution is -0.142. The molecule has 0 aliphatic rings. The summed E-state index contributed by atoms with van der Waals surface area (Å²) in [6.45, 7) is 5.98. The van der Waals surface area contributed by atoms with Crippen molar-refractivity contribution in [2.24, 2.45) is 0 Å². The Kier molecular flexibility index (Phi) is 10.3. The quantitative estimate of drug-likeness (QED) is 0.204. The van der Waals surface area contributed by atoms with Crippen molar-refractivity contribution in [1.29, 1.82) is 0 Å². The van der Waals surface area contributed by atoms with Gasteiger partial charge in [-0.05, 0) is 55.2 Å². The van der Waals surface area contributed by atoms with Gasteiger partial charge in [-0.25, -0.2) is 0 Å². The van der Waals surface area contributed by atoms with Crippen LogP contribution in [0.2, 0.25) is 10.0 Å². The molecule has 0 heterocycles. The van der Waals surface area contributed by atoms with Crippen LogP contribution >= 0.6 is 23.2 Å². The fourth-order valence-corrected chi connectivity index (χ4v) is 5.40. The number of carbonyl (C=O) groups is 2. The SMILES string of the molecule is CC(C)(C)NC(=O)[C@H](Cc1ccccc1)N(Cc1ccc(Cl)cc1Cl)C(=O)CC(c1ccccc1)c1ccccc1. The predicted molar refractivity (Wildman–Crippen MR) is 168 cm³/mol. The van der Waals surface area contributed by atoms with E-state index in [1.165, 1.54) is 0 Å². The molecule has 0 unspecified atom stereocenters. The van der Waals surface area contributed by atoms with Gasteiger partial charge in [-0.2, -0.15) is 0 Å². The lowest BCUT2D eigenvalue weighted by Gasteiger charge is -2.35. The number of halogens is 2. The first-order valence-corrected chi connectivity index (χ1v) is 14.6. The Labute approximate surface area is 253 Å². The summed E-state index contributed by atoms with van der Waals surface area (Å²) in [4.78, 5) is 30.0. The molecular weight excluding hydrogens is 551 g/mol. The zero-order valence-corrected chi connectivity index (χ0v) is 25.2. The molecular formula is C35H36Cl2N2O2. The maximum atomic E-state index is 14.5. The summed E-state index contributed by atoms with van der Waals surface area (Å²) in [5.41, 5.74) is 3.28. The number of benzene rings is 4. The van der Waals surface area contributed by atoms with E-state index in [-0.39, 0.29) is 30.7 Å². The van der Waals surface area contributed by atoms with Gasteiger partial charge in [0.1, 0.15) is 6.04 Å². The monoisotopic (exact) mass is 586 g/mol. The van der Waals surface area contributed by atoms with Crippen LogP contribution in [0.5, 0.6) is 0 Å². The topological polar surface area (TPSA) is 49.4 Å². The Morgan fingerprint density at radius 1 is 0.780 bits per heavy atom. The van der Waals surface area contributed by atoms with E-state index in [1.54, 1.807) is 17.0 Å². The highest BCUT2D eigenvalue weighted by atomic mass is 35.5. The van der Waals surface area contributed by atoms with Crippen LogP contribution in [0.4, 0.5) is 0 Å². The fraction of sp³-hybridized carbons (Fsp3) is 0.257. The average Bonchev–Trinajstić information content (AvgIpc) is 2.95. The van der Waals surface area contributed by atoms with Crippen LogP contribution in [0.1, 0.15) is 55.4 Å². The van der Waals surface area contributed by atoms with E-state index in [1.807, 2.05) is 118 Å². The Hall–Kier alpha value is -3.60. The Morgan fingerprint density at radius 2 is 1.32 bits per heavy atom. The first-order valence-electron chi connectivity index (χ1n) is 13.8. The summed E-state index contributed by atoms with van der Waals surface area (Å²) in [5, 5.41) is 4.08. The van der Waals surface area contributed by atoms with Crippen molar-refractivity contribution in [3.8, 4) is 0 Å². The van der Waals surface area contributed by atoms with E-state index in [0.717, 1.165) is 22.3 Å². The second-order valence-electron chi connectivity index (χ2n) is 11.3. The van der Waals surface area contributed by atoms with E-state index >= 15 is 0 Å². The first kappa shape index (κ1) is 30.4. The van der Waals surface area contributed by atoms with Gasteiger partial charge < -0.3 is 10.2 Å². The van der Waals surface area contributed by atoms with E-state index < -0.39 is 11.6 Å². The second-order valence-corrected chi connectivity index (χ2v) is 12.1. The summed E-state index contributed by atoms with van der Waals surface area (Å²) in [7, 11) is 0. The largest absolute Gasteiger partial charge is 0.350 e. The number of amides is 2. The molecule has 4 nitrogen and oxygen atoms in total. The third-order valence-electron chi connectivity index (χ3n) is 6.91. The van der Waals surface area contributed by atoms with Gasteiger partial charge >= 0.3 is 0 Å². The first-order chi connectivity index (χ1) is 19.6. The van der Waals surface area contributed by atoms with Gasteiger partial charge in [0.15, 0.2) is 0 Å². The molecule has 0 aliphatic heterocycles. The number of hydrogen-bond acceptors (Lipinski definition) is 2. The van der Waals surface area contributed by atoms with Crippen LogP contribution in [0.25, 0.3) is 0 Å². The summed E-state index contributed by atoms with van der Waals surface area (Å²) in [6, 6.07) is 34.3. The number of rotatable bonds is 10. The molecule has 1 N–H and O–H groups in total. The minimum atomic E-state index is -0.761. The van der Waals surface area contributed by atoms with Crippen LogP contribution in [-0.4, -0.2) is 28.3 Å². The molecule has 0 radical (unpaired) electrons. The van der Waals surface area contributed by atoms with Crippen LogP contribution < -0.4 is 5.32 Å². The molecule has 41 heavy (non-hydrogen) atoms. The molecule has 2 amide bonds. The maximum absolute atomic E-state index is 14.5. The predicted octanol–water partition coefficient (Wildman–Crippen LogP) is 8.07. The number of hydrogen-bond donors (Lipinski definition) is 1. The van der Waals surface area contributed by atoms with Gasteiger partial charge in [-0.15, -0.1) is 0 Å². The standard InChI is InChI=1S/C35H36Cl2N2O2/c1-35(2,3)38-34(41)32(21-25-13-7-4-8-14-25)39(24-28-19-20-29(36)22-31(28)37)33(40)23-30(26-15-9-5-10-16-26)27-17-11-6-12-18-27/h4-20,22,30,32H,21,23-24H2,1-3H3,(H,38,41)/t32-/m0/s1. The molecule has 0 aliphatic carbocycles. The molecule has 1 atom stereocenters. The Balaban J connectivity index is 1.77. The van der Waals surface area contributed by atoms with Crippen LogP contribution in [-0.2, 0) is 22.6 Å². The molecule has 0 fully saturated rings. The van der Waals surface area contributed by atoms with E-state index in [9.17, 15) is 9.59 Å². The van der Waals surface area contributed by atoms with E-state index in [0.29, 0.717) is 16.5 Å². The number of nitrogens with zero attached hydrogens (tertiary/aromatic N) is 1. The van der Waals surface area contributed by atoms with Gasteiger partial charge in [0.05, 0.1) is 0 Å². The summed E-state index contributed by atoms with van der Waals surface area (Å²) >= 11 is 12.8. The van der Waals surface area contributed by atoms with Crippen molar-refractivity contribution in [2.75, 3.05) is 0 Å². The van der Waals surface area contributed by atoms with Gasteiger partial charge in [0, 0.05) is 40.9 Å². The lowest BCUT2D eigenvalue weighted by Crippen LogP contribution is -2.54. The van der Waals surface area contributed by atoms with Gasteiger partial charge in [-0.3, -0.25) is 9.59 Å². The highest BCUT2D eigenvalue weighted by Crippen LogP contribution is 2.31. The zero-order chi connectivity index (χ0) is 29.4. The minimum Gasteiger partial charge on any atom is -0.350 e. The molecule has 4 aromatic rings. The minimum absolute atomic E-state index is 0.140. The average molecular weight is 588 g/mol. The van der Waals surface area contributed by atoms with Gasteiger partial charge in [-0.1, -0.05) is 120 Å². The Morgan fingerprint density at radius 3 is 1.83 bits per heavy atom. The summed E-state index contributed by atoms with van der Waals surface area (Å²) in [6.07, 6.45) is 0.550. The Bertz CT molecular complexity index is 1400. The van der Waals surface area contributed by atoms with E-state index in [2.05, 4.69) is 5.32 Å². The van der Waals surface area contributed by atoms with E-state index in [4.69, 9.17) is 23.2 Å². The van der Waals surface area contributed by atoms with Crippen molar-refractivity contribution in [1.82, 2.24) is 10.2 Å². The molecule has 212 valence electrons. The summed E-state index contributed by atoms with van der Waals surface area (Å²) < 4.78 is 0. The molecule has 6 heteroatoms. The molecule has 0 saturated heterocycles. The van der Waals surface area contributed by atoms with Crippen molar-refractivity contribution in [3.63, 3.8) is 0 Å². The smallest absolute Gasteiger partial charge is 0.243 e. The van der Waals surface area contributed by atoms with Gasteiger partial charge in [0.2, 0.25) is 11.8 Å². The lowest BCUT2D eigenvalue weighted by atomic mass is 9.87. The summed E-state index contributed by atoms with van der Waals surface area (Å²) in [5.74, 6) is -0.536. The molecule has 0 bridgehead atoms. The van der Waals surface area contributed by atoms with Crippen molar-refractivity contribution >= 4 is 35.0 Å². The second kappa shape index (κ2) is 13.8. The van der Waals surface area contributed by atoms with Crippen molar-refractivity contribution in [2.45, 2.75) is 57.7 Å². The molecule has 0 spiro atoms. The van der Waals surface area contributed by atoms with Crippen molar-refractivity contribution in [3.05, 3.63) is 141 Å². The molecule has 0 aromatic heterocycles. The fourth-order valence-electron chi connectivity index (χ4n) is 4.93. The van der Waals surface area contributed by atoms with Crippen molar-refractivity contribution < 1.29 is 9.59 Å². The van der Waals surface area contributed by atoms with Crippen LogP contribution in [0.3, 0.4) is 0 Å². The maximum Gasteiger partial charge on any atom is 0.243 e. The number of carbonyl (C=O) groups excluding carboxylic acids is 2. The molecule has 0 saturated carbocycles. The third kappa shape index (κ3) is 8.69. The van der Waals surface area contributed by atoms with Crippen LogP contribution in [0, 0.1) is 0 Å². The number of nitrogens with one attached hydrogen (secondary N) is 1. The third-order valence-corrected chi connectivity index (χ3v) is 7.49. The highest BCUT2D eigenvalue weighted by molar-refractivity contribution is 6.35. The van der Waals surface area contributed by atoms with Crippen LogP contribution in [0.15, 0.2) is 109 Å².